The average molecular weight is 436 g/mol. The molecule has 160 valence electrons. The van der Waals surface area contributed by atoms with Crippen LogP contribution >= 0.6 is 11.3 Å². The Balaban J connectivity index is 1.44. The number of carbonyl (C=O) groups is 2. The highest BCUT2D eigenvalue weighted by atomic mass is 32.1. The lowest BCUT2D eigenvalue weighted by Gasteiger charge is -2.13. The highest BCUT2D eigenvalue weighted by Crippen LogP contribution is 2.25. The van der Waals surface area contributed by atoms with E-state index in [-0.39, 0.29) is 17.9 Å². The average Bonchev–Trinajstić information content (AvgIpc) is 3.50. The number of aryl methyl sites for hydroxylation is 1. The first kappa shape index (κ1) is 21.2. The Morgan fingerprint density at radius 2 is 1.94 bits per heavy atom. The number of nitrogens with zero attached hydrogens (tertiary/aromatic N) is 1. The van der Waals surface area contributed by atoms with E-state index >= 15 is 0 Å². The van der Waals surface area contributed by atoms with Gasteiger partial charge in [-0.2, -0.15) is 0 Å². The van der Waals surface area contributed by atoms with Gasteiger partial charge in [-0.05, 0) is 37.0 Å². The molecule has 0 radical (unpaired) electrons. The van der Waals surface area contributed by atoms with E-state index in [2.05, 4.69) is 34.7 Å². The monoisotopic (exact) mass is 435 g/mol. The Hall–Kier alpha value is -3.03. The van der Waals surface area contributed by atoms with Gasteiger partial charge in [0.2, 0.25) is 0 Å². The molecule has 1 fully saturated rings. The predicted molar refractivity (Wildman–Crippen MR) is 123 cm³/mol. The third-order valence-electron chi connectivity index (χ3n) is 5.28. The molecule has 0 aliphatic carbocycles. The summed E-state index contributed by atoms with van der Waals surface area (Å²) in [7, 11) is 0. The number of para-hydroxylation sites is 1. The van der Waals surface area contributed by atoms with Gasteiger partial charge in [-0.1, -0.05) is 43.3 Å². The van der Waals surface area contributed by atoms with Gasteiger partial charge in [-0.3, -0.25) is 9.59 Å². The fourth-order valence-corrected chi connectivity index (χ4v) is 4.28. The number of aromatic nitrogens is 1. The van der Waals surface area contributed by atoms with Crippen molar-refractivity contribution in [1.82, 2.24) is 10.3 Å². The maximum atomic E-state index is 12.8. The van der Waals surface area contributed by atoms with Crippen LogP contribution in [0.1, 0.15) is 46.2 Å². The quantitative estimate of drug-likeness (QED) is 0.571. The molecule has 2 amide bonds. The zero-order chi connectivity index (χ0) is 21.6. The van der Waals surface area contributed by atoms with Gasteiger partial charge in [0.05, 0.1) is 17.4 Å². The van der Waals surface area contributed by atoms with Crippen molar-refractivity contribution in [3.8, 4) is 10.6 Å². The Labute approximate surface area is 185 Å². The molecule has 2 N–H and O–H groups in total. The van der Waals surface area contributed by atoms with Crippen LogP contribution in [0.5, 0.6) is 0 Å². The molecule has 0 unspecified atom stereocenters. The van der Waals surface area contributed by atoms with Crippen LogP contribution in [-0.2, 0) is 11.2 Å². The van der Waals surface area contributed by atoms with Crippen LogP contribution in [0.15, 0.2) is 53.9 Å². The lowest BCUT2D eigenvalue weighted by molar-refractivity contribution is 0.0858. The van der Waals surface area contributed by atoms with Crippen LogP contribution in [0, 0.1) is 0 Å². The summed E-state index contributed by atoms with van der Waals surface area (Å²) in [5.41, 5.74) is 3.44. The van der Waals surface area contributed by atoms with Gasteiger partial charge < -0.3 is 15.4 Å². The van der Waals surface area contributed by atoms with Crippen molar-refractivity contribution < 1.29 is 14.3 Å². The second-order valence-corrected chi connectivity index (χ2v) is 8.29. The molecule has 31 heavy (non-hydrogen) atoms. The van der Waals surface area contributed by atoms with Crippen LogP contribution in [0.3, 0.4) is 0 Å². The first-order valence-electron chi connectivity index (χ1n) is 10.5. The van der Waals surface area contributed by atoms with Crippen LogP contribution < -0.4 is 10.6 Å². The molecule has 1 saturated heterocycles. The second kappa shape index (κ2) is 9.85. The Morgan fingerprint density at radius 1 is 1.13 bits per heavy atom. The van der Waals surface area contributed by atoms with Gasteiger partial charge in [0.25, 0.3) is 11.8 Å². The number of hydrogen-bond donors (Lipinski definition) is 2. The molecule has 6 nitrogen and oxygen atoms in total. The summed E-state index contributed by atoms with van der Waals surface area (Å²) in [4.78, 5) is 29.9. The third-order valence-corrected chi connectivity index (χ3v) is 6.17. The van der Waals surface area contributed by atoms with E-state index in [9.17, 15) is 9.59 Å². The van der Waals surface area contributed by atoms with Gasteiger partial charge in [-0.15, -0.1) is 11.3 Å². The number of thiazole rings is 1. The van der Waals surface area contributed by atoms with Crippen LogP contribution in [0.25, 0.3) is 10.6 Å². The van der Waals surface area contributed by atoms with E-state index in [4.69, 9.17) is 4.74 Å². The number of ether oxygens (including phenoxy) is 1. The van der Waals surface area contributed by atoms with E-state index in [0.29, 0.717) is 23.5 Å². The van der Waals surface area contributed by atoms with Crippen LogP contribution in [-0.4, -0.2) is 36.1 Å². The Kier molecular flexibility index (Phi) is 6.74. The van der Waals surface area contributed by atoms with Gasteiger partial charge in [-0.25, -0.2) is 4.98 Å². The number of nitrogens with one attached hydrogen (secondary N) is 2. The normalized spacial score (nSPS) is 15.6. The highest BCUT2D eigenvalue weighted by molar-refractivity contribution is 7.13. The van der Waals surface area contributed by atoms with Crippen molar-refractivity contribution >= 4 is 28.8 Å². The maximum absolute atomic E-state index is 12.8. The first-order chi connectivity index (χ1) is 15.1. The summed E-state index contributed by atoms with van der Waals surface area (Å²) in [5, 5.41) is 8.25. The molecule has 0 bridgehead atoms. The molecule has 1 atom stereocenters. The van der Waals surface area contributed by atoms with Gasteiger partial charge in [0.15, 0.2) is 0 Å². The number of benzene rings is 2. The number of hydrogen-bond acceptors (Lipinski definition) is 5. The number of carbonyl (C=O) groups excluding carboxylic acids is 2. The van der Waals surface area contributed by atoms with Crippen molar-refractivity contribution in [3.63, 3.8) is 0 Å². The molecule has 0 spiro atoms. The number of amides is 2. The lowest BCUT2D eigenvalue weighted by Crippen LogP contribution is -2.32. The molecular formula is C24H25N3O3S. The number of anilines is 1. The summed E-state index contributed by atoms with van der Waals surface area (Å²) < 4.78 is 5.55. The topological polar surface area (TPSA) is 80.3 Å². The molecular weight excluding hydrogens is 410 g/mol. The van der Waals surface area contributed by atoms with Gasteiger partial charge in [0.1, 0.15) is 10.7 Å². The zero-order valence-electron chi connectivity index (χ0n) is 17.4. The molecule has 0 saturated carbocycles. The summed E-state index contributed by atoms with van der Waals surface area (Å²) in [5.74, 6) is -0.576. The Morgan fingerprint density at radius 3 is 2.68 bits per heavy atom. The Bertz CT molecular complexity index is 1060. The molecule has 2 aromatic carbocycles. The van der Waals surface area contributed by atoms with Crippen molar-refractivity contribution in [2.45, 2.75) is 32.3 Å². The molecule has 7 heteroatoms. The van der Waals surface area contributed by atoms with E-state index in [1.54, 1.807) is 29.6 Å². The van der Waals surface area contributed by atoms with Crippen molar-refractivity contribution in [1.29, 1.82) is 0 Å². The van der Waals surface area contributed by atoms with Gasteiger partial charge >= 0.3 is 0 Å². The van der Waals surface area contributed by atoms with Crippen molar-refractivity contribution in [2.75, 3.05) is 18.5 Å². The largest absolute Gasteiger partial charge is 0.376 e. The molecule has 1 aliphatic heterocycles. The summed E-state index contributed by atoms with van der Waals surface area (Å²) in [6, 6.07) is 15.2. The summed E-state index contributed by atoms with van der Waals surface area (Å²) in [6.07, 6.45) is 3.01. The fraction of sp³-hybridized carbons (Fsp3) is 0.292. The van der Waals surface area contributed by atoms with Crippen molar-refractivity contribution in [3.05, 3.63) is 70.7 Å². The summed E-state index contributed by atoms with van der Waals surface area (Å²) >= 11 is 1.42. The third kappa shape index (κ3) is 5.18. The second-order valence-electron chi connectivity index (χ2n) is 7.43. The first-order valence-corrected chi connectivity index (χ1v) is 11.4. The molecule has 3 aromatic rings. The van der Waals surface area contributed by atoms with Crippen molar-refractivity contribution in [2.24, 2.45) is 0 Å². The van der Waals surface area contributed by atoms with Gasteiger partial charge in [0, 0.05) is 24.1 Å². The number of rotatable bonds is 7. The minimum Gasteiger partial charge on any atom is -0.376 e. The SMILES string of the molecule is CCc1ccc(-c2nc(C(=O)Nc3ccccc3C(=O)NC[C@H]3CCCO3)cs2)cc1. The minimum atomic E-state index is -0.341. The maximum Gasteiger partial charge on any atom is 0.275 e. The molecule has 4 rings (SSSR count). The highest BCUT2D eigenvalue weighted by Gasteiger charge is 2.19. The zero-order valence-corrected chi connectivity index (χ0v) is 18.2. The fourth-order valence-electron chi connectivity index (χ4n) is 3.48. The molecule has 2 heterocycles. The van der Waals surface area contributed by atoms with E-state index in [1.165, 1.54) is 16.9 Å². The molecule has 1 aromatic heterocycles. The predicted octanol–water partition coefficient (Wildman–Crippen LogP) is 4.53. The van der Waals surface area contributed by atoms with Crippen LogP contribution in [0.2, 0.25) is 0 Å². The standard InChI is InChI=1S/C24H25N3O3S/c1-2-16-9-11-17(12-10-16)24-27-21(15-31-24)23(29)26-20-8-4-3-7-19(20)22(28)25-14-18-6-5-13-30-18/h3-4,7-12,15,18H,2,5-6,13-14H2,1H3,(H,25,28)(H,26,29)/t18-/m1/s1. The minimum absolute atomic E-state index is 0.0607. The lowest BCUT2D eigenvalue weighted by atomic mass is 10.1. The summed E-state index contributed by atoms with van der Waals surface area (Å²) in [6.45, 7) is 3.32. The van der Waals surface area contributed by atoms with E-state index in [0.717, 1.165) is 36.4 Å². The van der Waals surface area contributed by atoms with E-state index < -0.39 is 0 Å². The smallest absolute Gasteiger partial charge is 0.275 e. The molecule has 1 aliphatic rings. The van der Waals surface area contributed by atoms with E-state index in [1.807, 2.05) is 12.1 Å². The van der Waals surface area contributed by atoms with Crippen LogP contribution in [0.4, 0.5) is 5.69 Å².